The van der Waals surface area contributed by atoms with Gasteiger partial charge in [-0.3, -0.25) is 9.69 Å². The van der Waals surface area contributed by atoms with E-state index in [0.29, 0.717) is 19.8 Å². The van der Waals surface area contributed by atoms with Crippen LogP contribution in [0.2, 0.25) is 0 Å². The molecule has 1 saturated carbocycles. The first-order chi connectivity index (χ1) is 9.68. The molecule has 114 valence electrons. The van der Waals surface area contributed by atoms with Crippen molar-refractivity contribution in [2.24, 2.45) is 5.92 Å². The summed E-state index contributed by atoms with van der Waals surface area (Å²) >= 11 is 0. The third kappa shape index (κ3) is 4.10. The van der Waals surface area contributed by atoms with Crippen LogP contribution < -0.4 is 5.32 Å². The van der Waals surface area contributed by atoms with Crippen LogP contribution in [0.15, 0.2) is 0 Å². The summed E-state index contributed by atoms with van der Waals surface area (Å²) in [5.41, 5.74) is 0. The van der Waals surface area contributed by atoms with Gasteiger partial charge in [0.2, 0.25) is 5.91 Å². The van der Waals surface area contributed by atoms with Crippen LogP contribution in [0.3, 0.4) is 0 Å². The SMILES string of the molecule is O=C1NC[C@@H]1N(CCOCCC1CCCCC1)C(=O)O. The van der Waals surface area contributed by atoms with E-state index in [2.05, 4.69) is 5.32 Å². The average Bonchev–Trinajstić information content (AvgIpc) is 2.44. The lowest BCUT2D eigenvalue weighted by Gasteiger charge is -2.34. The normalized spacial score (nSPS) is 23.0. The number of nitrogens with zero attached hydrogens (tertiary/aromatic N) is 1. The summed E-state index contributed by atoms with van der Waals surface area (Å²) < 4.78 is 5.53. The van der Waals surface area contributed by atoms with Crippen LogP contribution in [0.5, 0.6) is 0 Å². The summed E-state index contributed by atoms with van der Waals surface area (Å²) in [6.45, 7) is 1.73. The number of amides is 2. The molecule has 0 spiro atoms. The van der Waals surface area contributed by atoms with Crippen molar-refractivity contribution in [1.82, 2.24) is 10.2 Å². The second-order valence-corrected chi connectivity index (χ2v) is 5.64. The van der Waals surface area contributed by atoms with Gasteiger partial charge in [-0.15, -0.1) is 0 Å². The summed E-state index contributed by atoms with van der Waals surface area (Å²) in [6.07, 6.45) is 6.62. The second kappa shape index (κ2) is 7.47. The van der Waals surface area contributed by atoms with Gasteiger partial charge in [-0.25, -0.2) is 4.79 Å². The molecule has 0 aromatic heterocycles. The number of carbonyl (C=O) groups excluding carboxylic acids is 1. The molecule has 6 nitrogen and oxygen atoms in total. The maximum atomic E-state index is 11.2. The molecule has 2 rings (SSSR count). The van der Waals surface area contributed by atoms with Gasteiger partial charge in [0, 0.05) is 19.7 Å². The zero-order valence-electron chi connectivity index (χ0n) is 11.8. The van der Waals surface area contributed by atoms with Crippen molar-refractivity contribution in [2.75, 3.05) is 26.3 Å². The Balaban J connectivity index is 1.58. The molecule has 2 fully saturated rings. The fourth-order valence-corrected chi connectivity index (χ4v) is 2.90. The van der Waals surface area contributed by atoms with Gasteiger partial charge in [0.05, 0.1) is 6.61 Å². The standard InChI is InChI=1S/C14H24N2O4/c17-13-12(10-15-13)16(14(18)19)7-9-20-8-6-11-4-2-1-3-5-11/h11-12H,1-10H2,(H,15,17)(H,18,19)/t12-/m0/s1. The molecule has 0 aromatic rings. The van der Waals surface area contributed by atoms with E-state index < -0.39 is 12.1 Å². The fraction of sp³-hybridized carbons (Fsp3) is 0.857. The lowest BCUT2D eigenvalue weighted by molar-refractivity contribution is -0.132. The van der Waals surface area contributed by atoms with Crippen molar-refractivity contribution in [1.29, 1.82) is 0 Å². The lowest BCUT2D eigenvalue weighted by atomic mass is 9.87. The number of ether oxygens (including phenoxy) is 1. The molecule has 20 heavy (non-hydrogen) atoms. The Morgan fingerprint density at radius 3 is 2.60 bits per heavy atom. The maximum Gasteiger partial charge on any atom is 0.408 e. The Morgan fingerprint density at radius 2 is 2.05 bits per heavy atom. The third-order valence-corrected chi connectivity index (χ3v) is 4.27. The molecule has 6 heteroatoms. The zero-order valence-corrected chi connectivity index (χ0v) is 11.8. The van der Waals surface area contributed by atoms with E-state index >= 15 is 0 Å². The predicted octanol–water partition coefficient (Wildman–Crippen LogP) is 1.45. The molecular formula is C14H24N2O4. The first-order valence-corrected chi connectivity index (χ1v) is 7.53. The van der Waals surface area contributed by atoms with Crippen molar-refractivity contribution in [3.05, 3.63) is 0 Å². The molecule has 1 atom stereocenters. The highest BCUT2D eigenvalue weighted by atomic mass is 16.5. The molecule has 1 heterocycles. The number of β-lactam (4-membered cyclic amide) rings is 1. The quantitative estimate of drug-likeness (QED) is 0.548. The van der Waals surface area contributed by atoms with E-state index in [9.17, 15) is 9.59 Å². The molecule has 1 saturated heterocycles. The summed E-state index contributed by atoms with van der Waals surface area (Å²) in [5, 5.41) is 11.6. The fourth-order valence-electron chi connectivity index (χ4n) is 2.90. The van der Waals surface area contributed by atoms with Crippen molar-refractivity contribution < 1.29 is 19.4 Å². The number of carbonyl (C=O) groups is 2. The minimum atomic E-state index is -1.05. The van der Waals surface area contributed by atoms with Gasteiger partial charge < -0.3 is 15.2 Å². The summed E-state index contributed by atoms with van der Waals surface area (Å²) in [6, 6.07) is -0.533. The molecule has 1 aliphatic heterocycles. The predicted molar refractivity (Wildman–Crippen MR) is 73.5 cm³/mol. The van der Waals surface area contributed by atoms with E-state index in [4.69, 9.17) is 9.84 Å². The first-order valence-electron chi connectivity index (χ1n) is 7.53. The monoisotopic (exact) mass is 284 g/mol. The average molecular weight is 284 g/mol. The van der Waals surface area contributed by atoms with Crippen LogP contribution in [-0.2, 0) is 9.53 Å². The largest absolute Gasteiger partial charge is 0.465 e. The molecule has 2 aliphatic rings. The van der Waals surface area contributed by atoms with Crippen LogP contribution in [0.1, 0.15) is 38.5 Å². The van der Waals surface area contributed by atoms with Crippen LogP contribution in [0, 0.1) is 5.92 Å². The van der Waals surface area contributed by atoms with E-state index in [1.807, 2.05) is 0 Å². The number of carboxylic acid groups (broad SMARTS) is 1. The van der Waals surface area contributed by atoms with E-state index in [-0.39, 0.29) is 12.5 Å². The summed E-state index contributed by atoms with van der Waals surface area (Å²) in [5.74, 6) is 0.561. The number of nitrogens with one attached hydrogen (secondary N) is 1. The molecule has 2 amide bonds. The van der Waals surface area contributed by atoms with Crippen molar-refractivity contribution in [2.45, 2.75) is 44.6 Å². The van der Waals surface area contributed by atoms with Crippen molar-refractivity contribution in [3.8, 4) is 0 Å². The van der Waals surface area contributed by atoms with Gasteiger partial charge in [-0.05, 0) is 12.3 Å². The lowest BCUT2D eigenvalue weighted by Crippen LogP contribution is -2.63. The van der Waals surface area contributed by atoms with Gasteiger partial charge in [-0.1, -0.05) is 32.1 Å². The Bertz CT molecular complexity index is 342. The highest BCUT2D eigenvalue weighted by Crippen LogP contribution is 2.26. The van der Waals surface area contributed by atoms with Crippen LogP contribution in [-0.4, -0.2) is 54.4 Å². The minimum absolute atomic E-state index is 0.213. The highest BCUT2D eigenvalue weighted by Gasteiger charge is 2.36. The van der Waals surface area contributed by atoms with Gasteiger partial charge in [-0.2, -0.15) is 0 Å². The molecule has 0 aromatic carbocycles. The third-order valence-electron chi connectivity index (χ3n) is 4.27. The Kier molecular flexibility index (Phi) is 5.64. The van der Waals surface area contributed by atoms with Crippen LogP contribution in [0.25, 0.3) is 0 Å². The zero-order chi connectivity index (χ0) is 14.4. The number of hydrogen-bond donors (Lipinski definition) is 2. The molecule has 0 bridgehead atoms. The van der Waals surface area contributed by atoms with Crippen molar-refractivity contribution in [3.63, 3.8) is 0 Å². The van der Waals surface area contributed by atoms with E-state index in [0.717, 1.165) is 12.3 Å². The van der Waals surface area contributed by atoms with E-state index in [1.54, 1.807) is 0 Å². The van der Waals surface area contributed by atoms with Crippen LogP contribution in [0.4, 0.5) is 4.79 Å². The molecule has 0 unspecified atom stereocenters. The van der Waals surface area contributed by atoms with Gasteiger partial charge in [0.15, 0.2) is 0 Å². The molecule has 0 radical (unpaired) electrons. The van der Waals surface area contributed by atoms with Crippen LogP contribution >= 0.6 is 0 Å². The van der Waals surface area contributed by atoms with Gasteiger partial charge >= 0.3 is 6.09 Å². The number of hydrogen-bond acceptors (Lipinski definition) is 3. The maximum absolute atomic E-state index is 11.2. The molecule has 2 N–H and O–H groups in total. The first kappa shape index (κ1) is 15.1. The number of rotatable bonds is 7. The van der Waals surface area contributed by atoms with Gasteiger partial charge in [0.1, 0.15) is 6.04 Å². The smallest absolute Gasteiger partial charge is 0.408 e. The topological polar surface area (TPSA) is 78.9 Å². The van der Waals surface area contributed by atoms with Gasteiger partial charge in [0.25, 0.3) is 0 Å². The minimum Gasteiger partial charge on any atom is -0.465 e. The summed E-state index contributed by atoms with van der Waals surface area (Å²) in [7, 11) is 0. The second-order valence-electron chi connectivity index (χ2n) is 5.64. The Labute approximate surface area is 119 Å². The Morgan fingerprint density at radius 1 is 1.30 bits per heavy atom. The van der Waals surface area contributed by atoms with Crippen molar-refractivity contribution >= 4 is 12.0 Å². The Hall–Kier alpha value is -1.30. The highest BCUT2D eigenvalue weighted by molar-refractivity contribution is 5.90. The molecular weight excluding hydrogens is 260 g/mol. The molecule has 1 aliphatic carbocycles. The van der Waals surface area contributed by atoms with E-state index in [1.165, 1.54) is 37.0 Å². The summed E-state index contributed by atoms with van der Waals surface area (Å²) in [4.78, 5) is 23.5.